The van der Waals surface area contributed by atoms with E-state index in [2.05, 4.69) is 31.3 Å². The van der Waals surface area contributed by atoms with Crippen molar-refractivity contribution in [1.82, 2.24) is 24.5 Å². The third-order valence-corrected chi connectivity index (χ3v) is 6.42. The molecule has 176 valence electrons. The number of rotatable bonds is 7. The Bertz CT molecular complexity index is 1270. The first-order chi connectivity index (χ1) is 16.5. The lowest BCUT2D eigenvalue weighted by atomic mass is 10.1. The molecule has 3 N–H and O–H groups in total. The summed E-state index contributed by atoms with van der Waals surface area (Å²) in [6, 6.07) is 12.0. The molecule has 0 aliphatic carbocycles. The van der Waals surface area contributed by atoms with Crippen LogP contribution in [0.1, 0.15) is 29.7 Å². The highest BCUT2D eigenvalue weighted by Crippen LogP contribution is 2.31. The Hall–Kier alpha value is -3.20. The van der Waals surface area contributed by atoms with Crippen LogP contribution in [0.15, 0.2) is 55.1 Å². The number of nitrogens with zero attached hydrogens (tertiary/aromatic N) is 5. The minimum Gasteiger partial charge on any atom is -0.487 e. The van der Waals surface area contributed by atoms with Gasteiger partial charge in [-0.05, 0) is 68.8 Å². The number of nitrogens with one attached hydrogen (secondary N) is 1. The second-order valence-electron chi connectivity index (χ2n) is 8.72. The van der Waals surface area contributed by atoms with Crippen LogP contribution in [-0.4, -0.2) is 43.6 Å². The second-order valence-corrected chi connectivity index (χ2v) is 9.13. The minimum atomic E-state index is 0.313. The molecule has 0 saturated carbocycles. The number of nitrogens with two attached hydrogens (primary N) is 1. The predicted octanol–water partition coefficient (Wildman–Crippen LogP) is 4.33. The number of likely N-dealkylation sites (tertiary alicyclic amines) is 1. The average molecular weight is 478 g/mol. The Labute approximate surface area is 203 Å². The molecule has 9 heteroatoms. The summed E-state index contributed by atoms with van der Waals surface area (Å²) in [5.41, 5.74) is 11.0. The van der Waals surface area contributed by atoms with E-state index in [1.807, 2.05) is 54.2 Å². The van der Waals surface area contributed by atoms with Gasteiger partial charge in [0.05, 0.1) is 5.02 Å². The van der Waals surface area contributed by atoms with Crippen molar-refractivity contribution in [2.24, 2.45) is 5.73 Å². The summed E-state index contributed by atoms with van der Waals surface area (Å²) >= 11 is 6.52. The van der Waals surface area contributed by atoms with Crippen molar-refractivity contribution in [3.05, 3.63) is 77.0 Å². The maximum atomic E-state index is 6.52. The molecule has 4 aromatic rings. The normalized spacial score (nSPS) is 15.0. The molecular weight excluding hydrogens is 450 g/mol. The molecule has 0 unspecified atom stereocenters. The number of pyridine rings is 1. The Morgan fingerprint density at radius 3 is 2.76 bits per heavy atom. The van der Waals surface area contributed by atoms with Crippen molar-refractivity contribution in [2.75, 3.05) is 18.4 Å². The molecule has 1 aromatic carbocycles. The van der Waals surface area contributed by atoms with E-state index < -0.39 is 0 Å². The monoisotopic (exact) mass is 477 g/mol. The van der Waals surface area contributed by atoms with E-state index in [9.17, 15) is 0 Å². The van der Waals surface area contributed by atoms with Gasteiger partial charge in [-0.25, -0.2) is 9.50 Å². The van der Waals surface area contributed by atoms with Gasteiger partial charge in [-0.1, -0.05) is 17.7 Å². The van der Waals surface area contributed by atoms with Crippen LogP contribution in [0.25, 0.3) is 5.52 Å². The first-order valence-electron chi connectivity index (χ1n) is 11.5. The molecule has 5 rings (SSSR count). The van der Waals surface area contributed by atoms with Gasteiger partial charge in [-0.2, -0.15) is 5.10 Å². The van der Waals surface area contributed by atoms with E-state index in [-0.39, 0.29) is 0 Å². The predicted molar refractivity (Wildman–Crippen MR) is 134 cm³/mol. The number of ether oxygens (including phenoxy) is 1. The standard InChI is InChI=1S/C25H28ClN7O/c1-17-2-3-18(13-28-17)15-34-23-5-4-21(12-22(23)26)31-25-24-19(6-11-33(24)30-16-29-25)14-32-9-7-20(27)8-10-32/h2-6,11-13,16,20H,7-10,14-15,27H2,1H3,(H,29,30,31). The Morgan fingerprint density at radius 1 is 1.15 bits per heavy atom. The number of fused-ring (bicyclic) bond motifs is 1. The molecule has 0 bridgehead atoms. The highest BCUT2D eigenvalue weighted by atomic mass is 35.5. The van der Waals surface area contributed by atoms with E-state index in [1.165, 1.54) is 5.56 Å². The zero-order chi connectivity index (χ0) is 23.5. The van der Waals surface area contributed by atoms with Crippen LogP contribution < -0.4 is 15.8 Å². The molecule has 3 aromatic heterocycles. The molecular formula is C25H28ClN7O. The lowest BCUT2D eigenvalue weighted by Gasteiger charge is -2.29. The number of halogens is 1. The van der Waals surface area contributed by atoms with Crippen LogP contribution in [0.3, 0.4) is 0 Å². The van der Waals surface area contributed by atoms with Crippen molar-refractivity contribution < 1.29 is 4.74 Å². The molecule has 1 aliphatic rings. The van der Waals surface area contributed by atoms with Crippen molar-refractivity contribution in [3.8, 4) is 5.75 Å². The van der Waals surface area contributed by atoms with E-state index in [4.69, 9.17) is 22.1 Å². The highest BCUT2D eigenvalue weighted by molar-refractivity contribution is 6.32. The fourth-order valence-electron chi connectivity index (χ4n) is 4.17. The summed E-state index contributed by atoms with van der Waals surface area (Å²) in [5.74, 6) is 1.35. The average Bonchev–Trinajstić information content (AvgIpc) is 3.25. The lowest BCUT2D eigenvalue weighted by Crippen LogP contribution is -2.39. The van der Waals surface area contributed by atoms with Crippen molar-refractivity contribution in [2.45, 2.75) is 39.0 Å². The summed E-state index contributed by atoms with van der Waals surface area (Å²) < 4.78 is 7.75. The van der Waals surface area contributed by atoms with Crippen LogP contribution >= 0.6 is 11.6 Å². The van der Waals surface area contributed by atoms with Crippen molar-refractivity contribution in [1.29, 1.82) is 0 Å². The number of hydrogen-bond donors (Lipinski definition) is 2. The smallest absolute Gasteiger partial charge is 0.158 e. The highest BCUT2D eigenvalue weighted by Gasteiger charge is 2.19. The van der Waals surface area contributed by atoms with Crippen LogP contribution in [0, 0.1) is 6.92 Å². The number of hydrogen-bond acceptors (Lipinski definition) is 7. The fourth-order valence-corrected chi connectivity index (χ4v) is 4.40. The maximum Gasteiger partial charge on any atom is 0.158 e. The van der Waals surface area contributed by atoms with Crippen LogP contribution in [-0.2, 0) is 13.2 Å². The largest absolute Gasteiger partial charge is 0.487 e. The Morgan fingerprint density at radius 2 is 2.00 bits per heavy atom. The molecule has 34 heavy (non-hydrogen) atoms. The van der Waals surface area contributed by atoms with Gasteiger partial charge in [0.1, 0.15) is 24.2 Å². The van der Waals surface area contributed by atoms with Crippen molar-refractivity contribution >= 4 is 28.6 Å². The Kier molecular flexibility index (Phi) is 6.62. The number of aromatic nitrogens is 4. The van der Waals surface area contributed by atoms with Gasteiger partial charge >= 0.3 is 0 Å². The van der Waals surface area contributed by atoms with Gasteiger partial charge in [0, 0.05) is 41.9 Å². The van der Waals surface area contributed by atoms with Gasteiger partial charge in [-0.3, -0.25) is 9.88 Å². The van der Waals surface area contributed by atoms with E-state index in [0.29, 0.717) is 23.4 Å². The number of piperidine rings is 1. The van der Waals surface area contributed by atoms with Gasteiger partial charge in [0.2, 0.25) is 0 Å². The number of aryl methyl sites for hydroxylation is 1. The fraction of sp³-hybridized carbons (Fsp3) is 0.320. The van der Waals surface area contributed by atoms with Crippen LogP contribution in [0.2, 0.25) is 5.02 Å². The third kappa shape index (κ3) is 5.14. The molecule has 0 spiro atoms. The topological polar surface area (TPSA) is 93.6 Å². The van der Waals surface area contributed by atoms with E-state index in [0.717, 1.165) is 60.8 Å². The molecule has 4 heterocycles. The molecule has 8 nitrogen and oxygen atoms in total. The van der Waals surface area contributed by atoms with E-state index in [1.54, 1.807) is 6.33 Å². The summed E-state index contributed by atoms with van der Waals surface area (Å²) in [5, 5.41) is 8.30. The summed E-state index contributed by atoms with van der Waals surface area (Å²) in [7, 11) is 0. The van der Waals surface area contributed by atoms with E-state index >= 15 is 0 Å². The second kappa shape index (κ2) is 9.97. The summed E-state index contributed by atoms with van der Waals surface area (Å²) in [4.78, 5) is 11.2. The van der Waals surface area contributed by atoms with Crippen molar-refractivity contribution in [3.63, 3.8) is 0 Å². The molecule has 1 saturated heterocycles. The molecule has 0 atom stereocenters. The third-order valence-electron chi connectivity index (χ3n) is 6.13. The molecule has 1 aliphatic heterocycles. The first-order valence-corrected chi connectivity index (χ1v) is 11.8. The lowest BCUT2D eigenvalue weighted by molar-refractivity contribution is 0.206. The van der Waals surface area contributed by atoms with Crippen LogP contribution in [0.4, 0.5) is 11.5 Å². The first kappa shape index (κ1) is 22.6. The summed E-state index contributed by atoms with van der Waals surface area (Å²) in [6.45, 7) is 5.21. The zero-order valence-electron chi connectivity index (χ0n) is 19.1. The van der Waals surface area contributed by atoms with Gasteiger partial charge in [-0.15, -0.1) is 0 Å². The van der Waals surface area contributed by atoms with Gasteiger partial charge in [0.25, 0.3) is 0 Å². The number of anilines is 2. The Balaban J connectivity index is 1.31. The minimum absolute atomic E-state index is 0.313. The van der Waals surface area contributed by atoms with Gasteiger partial charge in [0.15, 0.2) is 5.82 Å². The quantitative estimate of drug-likeness (QED) is 0.409. The SMILES string of the molecule is Cc1ccc(COc2ccc(Nc3ncnn4ccc(CN5CCC(N)CC5)c34)cc2Cl)cn1. The zero-order valence-corrected chi connectivity index (χ0v) is 19.9. The summed E-state index contributed by atoms with van der Waals surface area (Å²) in [6.07, 6.45) is 7.39. The number of benzene rings is 1. The molecule has 0 amide bonds. The molecule has 0 radical (unpaired) electrons. The van der Waals surface area contributed by atoms with Gasteiger partial charge < -0.3 is 15.8 Å². The van der Waals surface area contributed by atoms with Crippen LogP contribution in [0.5, 0.6) is 5.75 Å². The molecule has 1 fully saturated rings. The maximum absolute atomic E-state index is 6.52.